The first-order chi connectivity index (χ1) is 16.7. The van der Waals surface area contributed by atoms with Gasteiger partial charge in [0.1, 0.15) is 0 Å². The van der Waals surface area contributed by atoms with Crippen molar-refractivity contribution >= 4 is 43.3 Å². The summed E-state index contributed by atoms with van der Waals surface area (Å²) in [5.74, 6) is -0.757. The number of benzene rings is 2. The number of nitrogens with zero attached hydrogens (tertiary/aromatic N) is 2. The molecule has 10 heteroatoms. The maximum atomic E-state index is 12.8. The summed E-state index contributed by atoms with van der Waals surface area (Å²) in [4.78, 5) is 30.0. The van der Waals surface area contributed by atoms with Gasteiger partial charge in [-0.15, -0.1) is 0 Å². The highest BCUT2D eigenvalue weighted by atomic mass is 32.2. The van der Waals surface area contributed by atoms with Crippen molar-refractivity contribution in [2.75, 3.05) is 19.8 Å². The van der Waals surface area contributed by atoms with Crippen molar-refractivity contribution < 1.29 is 27.5 Å². The third-order valence-electron chi connectivity index (χ3n) is 5.31. The minimum absolute atomic E-state index is 0.0375. The number of fused-ring (bicyclic) bond motifs is 1. The maximum absolute atomic E-state index is 12.8. The van der Waals surface area contributed by atoms with E-state index >= 15 is 0 Å². The standard InChI is InChI=1S/C25H30N2O6S2/c1-5-32-14-13-27-21-12-9-19(24(29)33-6-2)16-22(21)34-25(27)26-23(28)15-18-7-10-20(11-8-18)35(30,31)17(3)4/h7-12,16-17H,5-6,13-15H2,1-4H3. The number of hydrogen-bond donors (Lipinski definition) is 0. The number of hydrogen-bond acceptors (Lipinski definition) is 7. The topological polar surface area (TPSA) is 104 Å². The number of thiazole rings is 1. The molecule has 0 aliphatic carbocycles. The zero-order chi connectivity index (χ0) is 25.6. The summed E-state index contributed by atoms with van der Waals surface area (Å²) in [5, 5.41) is -0.519. The molecule has 1 heterocycles. The lowest BCUT2D eigenvalue weighted by atomic mass is 10.1. The van der Waals surface area contributed by atoms with E-state index in [0.717, 1.165) is 10.2 Å². The van der Waals surface area contributed by atoms with Crippen molar-refractivity contribution in [2.45, 2.75) is 50.8 Å². The van der Waals surface area contributed by atoms with Gasteiger partial charge < -0.3 is 14.0 Å². The van der Waals surface area contributed by atoms with Crippen LogP contribution in [0.3, 0.4) is 0 Å². The summed E-state index contributed by atoms with van der Waals surface area (Å²) < 4.78 is 37.9. The van der Waals surface area contributed by atoms with Crippen LogP contribution in [0.25, 0.3) is 10.2 Å². The molecule has 0 aliphatic heterocycles. The van der Waals surface area contributed by atoms with E-state index < -0.39 is 21.1 Å². The third kappa shape index (κ3) is 6.45. The largest absolute Gasteiger partial charge is 0.462 e. The van der Waals surface area contributed by atoms with Crippen molar-refractivity contribution in [3.8, 4) is 0 Å². The highest BCUT2D eigenvalue weighted by Gasteiger charge is 2.19. The second kappa shape index (κ2) is 11.7. The van der Waals surface area contributed by atoms with E-state index in [1.165, 1.54) is 23.5 Å². The van der Waals surface area contributed by atoms with Gasteiger partial charge in [0.25, 0.3) is 5.91 Å². The molecule has 1 aromatic heterocycles. The molecule has 0 fully saturated rings. The number of rotatable bonds is 10. The molecule has 0 atom stereocenters. The van der Waals surface area contributed by atoms with Crippen molar-refractivity contribution in [3.63, 3.8) is 0 Å². The predicted octanol–water partition coefficient (Wildman–Crippen LogP) is 3.77. The zero-order valence-electron chi connectivity index (χ0n) is 20.3. The molecule has 0 unspecified atom stereocenters. The molecule has 0 N–H and O–H groups in total. The predicted molar refractivity (Wildman–Crippen MR) is 135 cm³/mol. The van der Waals surface area contributed by atoms with Gasteiger partial charge in [-0.25, -0.2) is 13.2 Å². The van der Waals surface area contributed by atoms with Crippen LogP contribution in [0.15, 0.2) is 52.4 Å². The van der Waals surface area contributed by atoms with Crippen LogP contribution < -0.4 is 4.80 Å². The normalized spacial score (nSPS) is 12.4. The average Bonchev–Trinajstić information content (AvgIpc) is 3.15. The SMILES string of the molecule is CCOCCn1c(=NC(=O)Cc2ccc(S(=O)(=O)C(C)C)cc2)sc2cc(C(=O)OCC)ccc21. The Hall–Kier alpha value is -2.82. The molecule has 35 heavy (non-hydrogen) atoms. The molecule has 1 amide bonds. The number of amides is 1. The van der Waals surface area contributed by atoms with Crippen molar-refractivity contribution in [2.24, 2.45) is 4.99 Å². The average molecular weight is 519 g/mol. The maximum Gasteiger partial charge on any atom is 0.338 e. The Morgan fingerprint density at radius 3 is 2.40 bits per heavy atom. The molecule has 188 valence electrons. The van der Waals surface area contributed by atoms with E-state index in [-0.39, 0.29) is 23.8 Å². The number of carbonyl (C=O) groups excluding carboxylic acids is 2. The van der Waals surface area contributed by atoms with E-state index in [4.69, 9.17) is 9.47 Å². The van der Waals surface area contributed by atoms with Crippen LogP contribution in [0.4, 0.5) is 0 Å². The molecule has 0 saturated carbocycles. The van der Waals surface area contributed by atoms with E-state index in [2.05, 4.69) is 4.99 Å². The first kappa shape index (κ1) is 26.8. The summed E-state index contributed by atoms with van der Waals surface area (Å²) in [7, 11) is -3.37. The van der Waals surface area contributed by atoms with Gasteiger partial charge in [0, 0.05) is 13.2 Å². The van der Waals surface area contributed by atoms with E-state index in [9.17, 15) is 18.0 Å². The Labute approximate surface area is 209 Å². The lowest BCUT2D eigenvalue weighted by Gasteiger charge is -2.08. The first-order valence-corrected chi connectivity index (χ1v) is 13.8. The van der Waals surface area contributed by atoms with Gasteiger partial charge in [0.15, 0.2) is 14.6 Å². The molecule has 2 aromatic carbocycles. The highest BCUT2D eigenvalue weighted by molar-refractivity contribution is 7.92. The van der Waals surface area contributed by atoms with Gasteiger partial charge in [-0.05, 0) is 63.6 Å². The minimum Gasteiger partial charge on any atom is -0.462 e. The minimum atomic E-state index is -3.37. The second-order valence-corrected chi connectivity index (χ2v) is 11.6. The Morgan fingerprint density at radius 1 is 1.06 bits per heavy atom. The summed E-state index contributed by atoms with van der Waals surface area (Å²) in [6.07, 6.45) is 0.0375. The van der Waals surface area contributed by atoms with Crippen LogP contribution in [0.1, 0.15) is 43.6 Å². The molecular weight excluding hydrogens is 488 g/mol. The van der Waals surface area contributed by atoms with Crippen LogP contribution >= 0.6 is 11.3 Å². The highest BCUT2D eigenvalue weighted by Crippen LogP contribution is 2.21. The third-order valence-corrected chi connectivity index (χ3v) is 8.52. The van der Waals surface area contributed by atoms with Crippen LogP contribution in [0.5, 0.6) is 0 Å². The molecule has 3 rings (SSSR count). The van der Waals surface area contributed by atoms with E-state index in [0.29, 0.717) is 35.7 Å². The van der Waals surface area contributed by atoms with Gasteiger partial charge in [0.05, 0.1) is 45.6 Å². The second-order valence-electron chi connectivity index (χ2n) is 8.06. The number of carbonyl (C=O) groups is 2. The molecule has 0 spiro atoms. The van der Waals surface area contributed by atoms with E-state index in [1.54, 1.807) is 45.0 Å². The molecule has 8 nitrogen and oxygen atoms in total. The fourth-order valence-electron chi connectivity index (χ4n) is 3.41. The summed E-state index contributed by atoms with van der Waals surface area (Å²) >= 11 is 1.31. The van der Waals surface area contributed by atoms with Gasteiger partial charge in [-0.3, -0.25) is 4.79 Å². The van der Waals surface area contributed by atoms with Crippen LogP contribution in [-0.2, 0) is 37.1 Å². The molecule has 0 aliphatic rings. The quantitative estimate of drug-likeness (QED) is 0.299. The lowest BCUT2D eigenvalue weighted by molar-refractivity contribution is -0.117. The van der Waals surface area contributed by atoms with Crippen LogP contribution in [0.2, 0.25) is 0 Å². The molecule has 0 bridgehead atoms. The number of esters is 1. The first-order valence-electron chi connectivity index (χ1n) is 11.5. The number of ether oxygens (including phenoxy) is 2. The number of sulfone groups is 1. The van der Waals surface area contributed by atoms with Crippen LogP contribution in [0, 0.1) is 0 Å². The van der Waals surface area contributed by atoms with E-state index in [1.807, 2.05) is 17.6 Å². The van der Waals surface area contributed by atoms with Gasteiger partial charge in [-0.2, -0.15) is 4.99 Å². The Morgan fingerprint density at radius 2 is 1.77 bits per heavy atom. The fraction of sp³-hybridized carbons (Fsp3) is 0.400. The van der Waals surface area contributed by atoms with Crippen molar-refractivity contribution in [1.82, 2.24) is 4.57 Å². The lowest BCUT2D eigenvalue weighted by Crippen LogP contribution is -2.20. The Bertz CT molecular complexity index is 1370. The van der Waals surface area contributed by atoms with Crippen molar-refractivity contribution in [1.29, 1.82) is 0 Å². The monoisotopic (exact) mass is 518 g/mol. The number of aromatic nitrogens is 1. The smallest absolute Gasteiger partial charge is 0.338 e. The summed E-state index contributed by atoms with van der Waals surface area (Å²) in [6, 6.07) is 11.6. The molecular formula is C25H30N2O6S2. The van der Waals surface area contributed by atoms with Gasteiger partial charge in [-0.1, -0.05) is 23.5 Å². The Balaban J connectivity index is 1.91. The van der Waals surface area contributed by atoms with Crippen LogP contribution in [-0.4, -0.2) is 49.9 Å². The Kier molecular flexibility index (Phi) is 8.98. The van der Waals surface area contributed by atoms with Gasteiger partial charge >= 0.3 is 5.97 Å². The molecule has 0 radical (unpaired) electrons. The van der Waals surface area contributed by atoms with Gasteiger partial charge in [0.2, 0.25) is 0 Å². The molecule has 0 saturated heterocycles. The van der Waals surface area contributed by atoms with Crippen molar-refractivity contribution in [3.05, 3.63) is 58.4 Å². The summed E-state index contributed by atoms with van der Waals surface area (Å²) in [6.45, 7) is 8.74. The summed E-state index contributed by atoms with van der Waals surface area (Å²) in [5.41, 5.74) is 1.96. The zero-order valence-corrected chi connectivity index (χ0v) is 21.9. The fourth-order valence-corrected chi connectivity index (χ4v) is 5.58. The molecule has 3 aromatic rings.